The zero-order chi connectivity index (χ0) is 20.8. The average molecular weight is 431 g/mol. The molecule has 3 aliphatic heterocycles. The molecular formula is C21H26N4O4S. The van der Waals surface area contributed by atoms with Gasteiger partial charge in [-0.25, -0.2) is 0 Å². The fourth-order valence-electron chi connectivity index (χ4n) is 5.06. The number of rotatable bonds is 4. The van der Waals surface area contributed by atoms with Crippen molar-refractivity contribution in [1.82, 2.24) is 20.4 Å². The van der Waals surface area contributed by atoms with Gasteiger partial charge in [0, 0.05) is 29.9 Å². The Balaban J connectivity index is 1.30. The number of hydrogen-bond acceptors (Lipinski definition) is 5. The highest BCUT2D eigenvalue weighted by Gasteiger charge is 2.52. The van der Waals surface area contributed by atoms with Crippen molar-refractivity contribution >= 4 is 35.0 Å². The number of hydrogen-bond donors (Lipinski definition) is 2. The summed E-state index contributed by atoms with van der Waals surface area (Å²) in [6.07, 6.45) is 4.19. The number of carbonyl (C=O) groups excluding carboxylic acids is 4. The number of carbonyl (C=O) groups is 4. The summed E-state index contributed by atoms with van der Waals surface area (Å²) in [5, 5.41) is 7.96. The molecule has 3 saturated heterocycles. The van der Waals surface area contributed by atoms with Crippen LogP contribution in [0.25, 0.3) is 0 Å². The fourth-order valence-corrected chi connectivity index (χ4v) is 5.76. The van der Waals surface area contributed by atoms with E-state index >= 15 is 0 Å². The summed E-state index contributed by atoms with van der Waals surface area (Å²) in [6.45, 7) is 0.789. The molecule has 1 aromatic heterocycles. The highest BCUT2D eigenvalue weighted by atomic mass is 32.1. The minimum absolute atomic E-state index is 0.0308. The summed E-state index contributed by atoms with van der Waals surface area (Å²) in [4.78, 5) is 55.7. The average Bonchev–Trinajstić information content (AvgIpc) is 3.38. The fraction of sp³-hybridized carbons (Fsp3) is 0.619. The SMILES string of the molecule is O=C(N[C@H]1C[C@@H]2C(=O)N[C@@H]3CCN(C(=O)Cc4cccs4)[C@@H]3C(=O)N2C1)C1CCC1. The number of nitrogens with zero attached hydrogens (tertiary/aromatic N) is 2. The van der Waals surface area contributed by atoms with Crippen molar-refractivity contribution in [3.8, 4) is 0 Å². The number of nitrogens with one attached hydrogen (secondary N) is 2. The Hall–Kier alpha value is -2.42. The summed E-state index contributed by atoms with van der Waals surface area (Å²) in [5.41, 5.74) is 0. The van der Waals surface area contributed by atoms with E-state index in [1.165, 1.54) is 11.3 Å². The molecule has 0 spiro atoms. The van der Waals surface area contributed by atoms with E-state index in [9.17, 15) is 19.2 Å². The molecule has 4 amide bonds. The van der Waals surface area contributed by atoms with Crippen molar-refractivity contribution < 1.29 is 19.2 Å². The van der Waals surface area contributed by atoms with Gasteiger partial charge in [-0.15, -0.1) is 11.3 Å². The summed E-state index contributed by atoms with van der Waals surface area (Å²) in [5.74, 6) is -0.340. The van der Waals surface area contributed by atoms with Gasteiger partial charge in [0.1, 0.15) is 12.1 Å². The van der Waals surface area contributed by atoms with Gasteiger partial charge in [-0.2, -0.15) is 0 Å². The maximum atomic E-state index is 13.4. The van der Waals surface area contributed by atoms with E-state index in [0.717, 1.165) is 24.1 Å². The third-order valence-corrected chi connectivity index (χ3v) is 7.79. The van der Waals surface area contributed by atoms with Crippen molar-refractivity contribution in [2.24, 2.45) is 5.92 Å². The molecule has 5 rings (SSSR count). The molecule has 1 saturated carbocycles. The van der Waals surface area contributed by atoms with Gasteiger partial charge in [0.2, 0.25) is 23.6 Å². The van der Waals surface area contributed by atoms with E-state index in [-0.39, 0.29) is 48.1 Å². The zero-order valence-corrected chi connectivity index (χ0v) is 17.5. The van der Waals surface area contributed by atoms with Gasteiger partial charge in [0.25, 0.3) is 0 Å². The number of likely N-dealkylation sites (tertiary alicyclic amines) is 1. The Kier molecular flexibility index (Phi) is 5.00. The molecule has 4 atom stereocenters. The Labute approximate surface area is 179 Å². The summed E-state index contributed by atoms with van der Waals surface area (Å²) in [6, 6.07) is 2.02. The number of fused-ring (bicyclic) bond motifs is 2. The minimum atomic E-state index is -0.660. The Morgan fingerprint density at radius 2 is 2.07 bits per heavy atom. The molecule has 1 aromatic rings. The van der Waals surface area contributed by atoms with E-state index in [1.54, 1.807) is 9.80 Å². The second-order valence-corrected chi connectivity index (χ2v) is 9.80. The van der Waals surface area contributed by atoms with Gasteiger partial charge in [-0.05, 0) is 37.1 Å². The zero-order valence-electron chi connectivity index (χ0n) is 16.7. The predicted molar refractivity (Wildman–Crippen MR) is 109 cm³/mol. The molecule has 160 valence electrons. The van der Waals surface area contributed by atoms with Crippen molar-refractivity contribution in [2.75, 3.05) is 13.1 Å². The molecule has 4 aliphatic rings. The maximum absolute atomic E-state index is 13.4. The molecular weight excluding hydrogens is 404 g/mol. The monoisotopic (exact) mass is 430 g/mol. The molecule has 9 heteroatoms. The van der Waals surface area contributed by atoms with Crippen molar-refractivity contribution in [3.05, 3.63) is 22.4 Å². The second-order valence-electron chi connectivity index (χ2n) is 8.77. The third-order valence-electron chi connectivity index (χ3n) is 6.91. The van der Waals surface area contributed by atoms with E-state index in [4.69, 9.17) is 0 Å². The van der Waals surface area contributed by atoms with Gasteiger partial charge in [-0.1, -0.05) is 12.5 Å². The number of thiophene rings is 1. The molecule has 30 heavy (non-hydrogen) atoms. The topological polar surface area (TPSA) is 98.8 Å². The smallest absolute Gasteiger partial charge is 0.248 e. The van der Waals surface area contributed by atoms with Crippen LogP contribution >= 0.6 is 11.3 Å². The second kappa shape index (κ2) is 7.68. The first-order valence-electron chi connectivity index (χ1n) is 10.7. The lowest BCUT2D eigenvalue weighted by molar-refractivity contribution is -0.144. The van der Waals surface area contributed by atoms with Gasteiger partial charge in [-0.3, -0.25) is 19.2 Å². The van der Waals surface area contributed by atoms with Crippen LogP contribution in [0.1, 0.15) is 37.0 Å². The van der Waals surface area contributed by atoms with E-state index < -0.39 is 12.1 Å². The first-order chi connectivity index (χ1) is 14.5. The van der Waals surface area contributed by atoms with Crippen LogP contribution in [0.2, 0.25) is 0 Å². The van der Waals surface area contributed by atoms with Crippen molar-refractivity contribution in [3.63, 3.8) is 0 Å². The molecule has 1 aliphatic carbocycles. The largest absolute Gasteiger partial charge is 0.351 e. The Morgan fingerprint density at radius 3 is 2.77 bits per heavy atom. The number of amides is 4. The van der Waals surface area contributed by atoms with Crippen LogP contribution < -0.4 is 10.6 Å². The van der Waals surface area contributed by atoms with Crippen LogP contribution in [0.5, 0.6) is 0 Å². The summed E-state index contributed by atoms with van der Waals surface area (Å²) < 4.78 is 0. The van der Waals surface area contributed by atoms with Crippen LogP contribution in [0.4, 0.5) is 0 Å². The van der Waals surface area contributed by atoms with Gasteiger partial charge in [0.05, 0.1) is 12.5 Å². The lowest BCUT2D eigenvalue weighted by Gasteiger charge is -2.29. The normalized spacial score (nSPS) is 30.9. The Bertz CT molecular complexity index is 868. The molecule has 0 bridgehead atoms. The molecule has 4 heterocycles. The quantitative estimate of drug-likeness (QED) is 0.717. The highest BCUT2D eigenvalue weighted by Crippen LogP contribution is 2.31. The van der Waals surface area contributed by atoms with Gasteiger partial charge < -0.3 is 20.4 Å². The van der Waals surface area contributed by atoms with Crippen LogP contribution in [0.3, 0.4) is 0 Å². The van der Waals surface area contributed by atoms with Crippen molar-refractivity contribution in [1.29, 1.82) is 0 Å². The molecule has 8 nitrogen and oxygen atoms in total. The predicted octanol–water partition coefficient (Wildman–Crippen LogP) is 0.276. The summed E-state index contributed by atoms with van der Waals surface area (Å²) >= 11 is 1.52. The summed E-state index contributed by atoms with van der Waals surface area (Å²) in [7, 11) is 0. The van der Waals surface area contributed by atoms with Crippen LogP contribution in [0, 0.1) is 5.92 Å². The molecule has 2 N–H and O–H groups in total. The standard InChI is InChI=1S/C21H26N4O4S/c26-17(10-14-5-2-8-30-14)24-7-6-15-18(24)21(29)25-11-13(9-16(25)20(28)23-15)22-19(27)12-3-1-4-12/h2,5,8,12-13,15-16,18H,1,3-4,6-7,9-11H2,(H,22,27)(H,23,28)/t13-,15+,16+,18-/m0/s1. The molecule has 0 radical (unpaired) electrons. The first-order valence-corrected chi connectivity index (χ1v) is 11.6. The lowest BCUT2D eigenvalue weighted by Crippen LogP contribution is -2.53. The van der Waals surface area contributed by atoms with E-state index in [2.05, 4.69) is 10.6 Å². The highest BCUT2D eigenvalue weighted by molar-refractivity contribution is 7.10. The maximum Gasteiger partial charge on any atom is 0.248 e. The Morgan fingerprint density at radius 1 is 1.23 bits per heavy atom. The molecule has 0 aromatic carbocycles. The van der Waals surface area contributed by atoms with E-state index in [1.807, 2.05) is 17.5 Å². The van der Waals surface area contributed by atoms with Crippen LogP contribution in [0.15, 0.2) is 17.5 Å². The van der Waals surface area contributed by atoms with Gasteiger partial charge >= 0.3 is 0 Å². The van der Waals surface area contributed by atoms with E-state index in [0.29, 0.717) is 25.9 Å². The lowest BCUT2D eigenvalue weighted by atomic mass is 9.84. The molecule has 4 fully saturated rings. The van der Waals surface area contributed by atoms with Crippen molar-refractivity contribution in [2.45, 2.75) is 62.7 Å². The minimum Gasteiger partial charge on any atom is -0.351 e. The van der Waals surface area contributed by atoms with Gasteiger partial charge in [0.15, 0.2) is 0 Å². The van der Waals surface area contributed by atoms with Crippen LogP contribution in [-0.2, 0) is 25.6 Å². The van der Waals surface area contributed by atoms with Crippen LogP contribution in [-0.4, -0.2) is 70.7 Å². The first kappa shape index (κ1) is 19.5. The third kappa shape index (κ3) is 3.38. The molecule has 0 unspecified atom stereocenters.